The Labute approximate surface area is 197 Å². The zero-order chi connectivity index (χ0) is 23.1. The highest BCUT2D eigenvalue weighted by atomic mass is 32.2. The molecule has 3 rings (SSSR count). The lowest BCUT2D eigenvalue weighted by atomic mass is 10.2. The third-order valence-electron chi connectivity index (χ3n) is 4.64. The molecular weight excluding hydrogens is 468 g/mol. The summed E-state index contributed by atoms with van der Waals surface area (Å²) in [7, 11) is -2.30. The summed E-state index contributed by atoms with van der Waals surface area (Å²) in [6, 6.07) is 8.60. The van der Waals surface area contributed by atoms with Crippen LogP contribution in [0.25, 0.3) is 6.08 Å². The Balaban J connectivity index is 1.84. The molecule has 1 amide bonds. The van der Waals surface area contributed by atoms with Crippen molar-refractivity contribution >= 4 is 50.3 Å². The fourth-order valence-electron chi connectivity index (χ4n) is 2.99. The number of likely N-dealkylation sites (N-methyl/N-ethyl adjacent to an activating group) is 1. The number of hydrogen-bond acceptors (Lipinski definition) is 7. The molecule has 0 saturated carbocycles. The van der Waals surface area contributed by atoms with Crippen molar-refractivity contribution in [3.63, 3.8) is 0 Å². The van der Waals surface area contributed by atoms with E-state index in [0.29, 0.717) is 29.6 Å². The van der Waals surface area contributed by atoms with Crippen LogP contribution in [0.15, 0.2) is 49.2 Å². The molecule has 1 aromatic heterocycles. The summed E-state index contributed by atoms with van der Waals surface area (Å²) >= 11 is 2.14. The Kier molecular flexibility index (Phi) is 8.38. The van der Waals surface area contributed by atoms with Gasteiger partial charge in [-0.2, -0.15) is 8.42 Å². The number of thiophene rings is 1. The second-order valence-electron chi connectivity index (χ2n) is 6.91. The normalized spacial score (nSPS) is 16.8. The van der Waals surface area contributed by atoms with Crippen LogP contribution in [0, 0.1) is 0 Å². The van der Waals surface area contributed by atoms with Crippen molar-refractivity contribution in [2.45, 2.75) is 37.3 Å². The molecule has 1 fully saturated rings. The molecule has 0 spiro atoms. The van der Waals surface area contributed by atoms with Crippen molar-refractivity contribution in [3.05, 3.63) is 46.2 Å². The van der Waals surface area contributed by atoms with Crippen LogP contribution in [0.2, 0.25) is 0 Å². The summed E-state index contributed by atoms with van der Waals surface area (Å²) in [4.78, 5) is 14.6. The summed E-state index contributed by atoms with van der Waals surface area (Å²) in [6.07, 6.45) is 4.90. The van der Waals surface area contributed by atoms with Gasteiger partial charge < -0.3 is 9.47 Å². The van der Waals surface area contributed by atoms with Crippen molar-refractivity contribution in [1.29, 1.82) is 0 Å². The number of hydrogen-bond donors (Lipinski definition) is 0. The largest absolute Gasteiger partial charge is 0.493 e. The third kappa shape index (κ3) is 5.73. The molecule has 2 heterocycles. The number of carbonyl (C=O) groups is 1. The number of thioether (sulfide) groups is 1. The number of methoxy groups -OCH3 is 1. The van der Waals surface area contributed by atoms with Gasteiger partial charge in [0.25, 0.3) is 15.9 Å². The zero-order valence-electron chi connectivity index (χ0n) is 18.2. The lowest BCUT2D eigenvalue weighted by Crippen LogP contribution is -2.29. The first kappa shape index (κ1) is 24.3. The maximum absolute atomic E-state index is 12.9. The molecule has 0 aliphatic carbocycles. The van der Waals surface area contributed by atoms with E-state index >= 15 is 0 Å². The number of carbonyl (C=O) groups excluding carboxylic acids is 1. The van der Waals surface area contributed by atoms with E-state index in [-0.39, 0.29) is 15.3 Å². The Morgan fingerprint density at radius 2 is 1.97 bits per heavy atom. The van der Waals surface area contributed by atoms with Gasteiger partial charge in [-0.25, -0.2) is 0 Å². The van der Waals surface area contributed by atoms with Gasteiger partial charge in [0.15, 0.2) is 16.7 Å². The number of ether oxygens (including phenoxy) is 2. The SMILES string of the molecule is CCCCCOc1ccc(/C=C2\SC(=NS(=O)(=O)c3cccs3)N(CC)C2=O)cc1OC. The van der Waals surface area contributed by atoms with E-state index in [9.17, 15) is 13.2 Å². The number of benzene rings is 1. The lowest BCUT2D eigenvalue weighted by Gasteiger charge is -2.12. The van der Waals surface area contributed by atoms with Crippen LogP contribution in [-0.4, -0.2) is 44.7 Å². The molecule has 0 N–H and O–H groups in total. The van der Waals surface area contributed by atoms with Gasteiger partial charge in [-0.15, -0.1) is 15.7 Å². The van der Waals surface area contributed by atoms with Gasteiger partial charge in [-0.05, 0) is 60.3 Å². The highest BCUT2D eigenvalue weighted by molar-refractivity contribution is 8.19. The Morgan fingerprint density at radius 3 is 2.62 bits per heavy atom. The fourth-order valence-corrected chi connectivity index (χ4v) is 6.20. The van der Waals surface area contributed by atoms with E-state index in [1.165, 1.54) is 11.0 Å². The average Bonchev–Trinajstić information content (AvgIpc) is 3.41. The Bertz CT molecular complexity index is 1110. The molecule has 1 saturated heterocycles. The van der Waals surface area contributed by atoms with Crippen LogP contribution in [0.3, 0.4) is 0 Å². The highest BCUT2D eigenvalue weighted by Gasteiger charge is 2.34. The van der Waals surface area contributed by atoms with Crippen LogP contribution >= 0.6 is 23.1 Å². The van der Waals surface area contributed by atoms with Crippen molar-refractivity contribution in [2.75, 3.05) is 20.3 Å². The fraction of sp³-hybridized carbons (Fsp3) is 0.364. The second-order valence-corrected chi connectivity index (χ2v) is 10.7. The van der Waals surface area contributed by atoms with Crippen LogP contribution in [-0.2, 0) is 14.8 Å². The predicted octanol–water partition coefficient (Wildman–Crippen LogP) is 5.01. The zero-order valence-corrected chi connectivity index (χ0v) is 20.7. The molecule has 10 heteroatoms. The van der Waals surface area contributed by atoms with Crippen LogP contribution < -0.4 is 9.47 Å². The molecule has 1 aliphatic heterocycles. The first-order valence-electron chi connectivity index (χ1n) is 10.3. The molecule has 172 valence electrons. The topological polar surface area (TPSA) is 85.3 Å². The number of amides is 1. The molecule has 2 aromatic rings. The van der Waals surface area contributed by atoms with E-state index in [1.807, 2.05) is 12.1 Å². The second kappa shape index (κ2) is 11.0. The maximum Gasteiger partial charge on any atom is 0.294 e. The van der Waals surface area contributed by atoms with Gasteiger partial charge in [-0.3, -0.25) is 9.69 Å². The van der Waals surface area contributed by atoms with Crippen LogP contribution in [0.4, 0.5) is 0 Å². The van der Waals surface area contributed by atoms with Crippen LogP contribution in [0.5, 0.6) is 11.5 Å². The van der Waals surface area contributed by atoms with Gasteiger partial charge in [0.2, 0.25) is 0 Å². The molecular formula is C22H26N2O5S3. The predicted molar refractivity (Wildman–Crippen MR) is 130 cm³/mol. The van der Waals surface area contributed by atoms with Gasteiger partial charge >= 0.3 is 0 Å². The number of unbranched alkanes of at least 4 members (excludes halogenated alkanes) is 2. The molecule has 1 aliphatic rings. The van der Waals surface area contributed by atoms with Crippen molar-refractivity contribution in [3.8, 4) is 11.5 Å². The van der Waals surface area contributed by atoms with E-state index in [0.717, 1.165) is 47.9 Å². The van der Waals surface area contributed by atoms with Gasteiger partial charge in [0, 0.05) is 6.54 Å². The number of rotatable bonds is 10. The lowest BCUT2D eigenvalue weighted by molar-refractivity contribution is -0.122. The van der Waals surface area contributed by atoms with E-state index < -0.39 is 10.0 Å². The summed E-state index contributed by atoms with van der Waals surface area (Å²) in [6.45, 7) is 4.85. The minimum Gasteiger partial charge on any atom is -0.493 e. The Hall–Kier alpha value is -2.30. The molecule has 0 radical (unpaired) electrons. The van der Waals surface area contributed by atoms with Crippen molar-refractivity contribution < 1.29 is 22.7 Å². The van der Waals surface area contributed by atoms with Gasteiger partial charge in [0.05, 0.1) is 18.6 Å². The number of nitrogens with zero attached hydrogens (tertiary/aromatic N) is 2. The first-order valence-corrected chi connectivity index (χ1v) is 13.4. The van der Waals surface area contributed by atoms with Gasteiger partial charge in [-0.1, -0.05) is 31.9 Å². The number of sulfonamides is 1. The van der Waals surface area contributed by atoms with Gasteiger partial charge in [0.1, 0.15) is 4.21 Å². The molecule has 7 nitrogen and oxygen atoms in total. The smallest absolute Gasteiger partial charge is 0.294 e. The summed E-state index contributed by atoms with van der Waals surface area (Å²) in [5.74, 6) is 0.944. The molecule has 0 atom stereocenters. The standard InChI is InChI=1S/C22H26N2O5S3/c1-4-6-7-12-29-17-11-10-16(14-18(17)28-3)15-19-21(25)24(5-2)22(31-19)23-32(26,27)20-9-8-13-30-20/h8-11,13-15H,4-7,12H2,1-3H3/b19-15-,23-22?. The Morgan fingerprint density at radius 1 is 1.16 bits per heavy atom. The van der Waals surface area contributed by atoms with E-state index in [2.05, 4.69) is 11.3 Å². The van der Waals surface area contributed by atoms with Crippen molar-refractivity contribution in [1.82, 2.24) is 4.90 Å². The first-order chi connectivity index (χ1) is 15.4. The average molecular weight is 495 g/mol. The molecule has 0 bridgehead atoms. The summed E-state index contributed by atoms with van der Waals surface area (Å²) in [5.41, 5.74) is 0.747. The maximum atomic E-state index is 12.9. The summed E-state index contributed by atoms with van der Waals surface area (Å²) in [5, 5.41) is 1.83. The minimum absolute atomic E-state index is 0.144. The highest BCUT2D eigenvalue weighted by Crippen LogP contribution is 2.35. The van der Waals surface area contributed by atoms with Crippen molar-refractivity contribution in [2.24, 2.45) is 4.40 Å². The molecule has 32 heavy (non-hydrogen) atoms. The quantitative estimate of drug-likeness (QED) is 0.341. The van der Waals surface area contributed by atoms with E-state index in [1.54, 1.807) is 37.6 Å². The molecule has 1 aromatic carbocycles. The third-order valence-corrected chi connectivity index (χ3v) is 8.40. The number of amidine groups is 1. The minimum atomic E-state index is -3.86. The monoisotopic (exact) mass is 494 g/mol. The van der Waals surface area contributed by atoms with Crippen LogP contribution in [0.1, 0.15) is 38.7 Å². The molecule has 0 unspecified atom stereocenters. The summed E-state index contributed by atoms with van der Waals surface area (Å²) < 4.78 is 40.4. The van der Waals surface area contributed by atoms with E-state index in [4.69, 9.17) is 9.47 Å².